The lowest BCUT2D eigenvalue weighted by molar-refractivity contribution is -0.111. The number of benzene rings is 1. The Labute approximate surface area is 185 Å². The zero-order valence-electron chi connectivity index (χ0n) is 19.2. The number of pyridine rings is 1. The largest absolute Gasteiger partial charge is 0.497 e. The van der Waals surface area contributed by atoms with E-state index in [0.717, 1.165) is 43.6 Å². The molecule has 2 aromatic rings. The van der Waals surface area contributed by atoms with Crippen LogP contribution in [0, 0.1) is 18.3 Å². The fraction of sp³-hybridized carbons (Fsp3) is 0.480. The van der Waals surface area contributed by atoms with E-state index in [1.165, 1.54) is 0 Å². The predicted molar refractivity (Wildman–Crippen MR) is 124 cm³/mol. The smallest absolute Gasteiger partial charge is 0.261 e. The lowest BCUT2D eigenvalue weighted by atomic mass is 9.95. The molecule has 1 aromatic carbocycles. The molecule has 6 nitrogen and oxygen atoms in total. The van der Waals surface area contributed by atoms with Gasteiger partial charge in [-0.05, 0) is 49.4 Å². The number of carbonyl (C=O) groups excluding carboxylic acids is 2. The van der Waals surface area contributed by atoms with E-state index in [9.17, 15) is 9.59 Å². The van der Waals surface area contributed by atoms with E-state index in [1.54, 1.807) is 12.0 Å². The maximum atomic E-state index is 13.9. The molecule has 1 aliphatic rings. The highest BCUT2D eigenvalue weighted by Gasteiger charge is 2.29. The van der Waals surface area contributed by atoms with Gasteiger partial charge in [-0.25, -0.2) is 4.98 Å². The van der Waals surface area contributed by atoms with Crippen LogP contribution in [0.2, 0.25) is 0 Å². The molecule has 0 spiro atoms. The molecule has 0 aliphatic carbocycles. The molecule has 0 N–H and O–H groups in total. The third-order valence-corrected chi connectivity index (χ3v) is 5.54. The Kier molecular flexibility index (Phi) is 6.98. The molecule has 0 unspecified atom stereocenters. The highest BCUT2D eigenvalue weighted by Crippen LogP contribution is 2.32. The number of aromatic nitrogens is 1. The number of methoxy groups -OCH3 is 1. The van der Waals surface area contributed by atoms with Crippen molar-refractivity contribution < 1.29 is 14.3 Å². The minimum Gasteiger partial charge on any atom is -0.497 e. The molecule has 1 aromatic heterocycles. The molecular formula is C25H33N3O3. The Morgan fingerprint density at radius 3 is 2.52 bits per heavy atom. The van der Waals surface area contributed by atoms with Crippen LogP contribution in [0.1, 0.15) is 49.7 Å². The Morgan fingerprint density at radius 2 is 1.94 bits per heavy atom. The van der Waals surface area contributed by atoms with Crippen LogP contribution >= 0.6 is 0 Å². The van der Waals surface area contributed by atoms with Crippen molar-refractivity contribution in [2.24, 2.45) is 11.3 Å². The molecule has 3 rings (SSSR count). The normalized spacial score (nSPS) is 14.9. The predicted octanol–water partition coefficient (Wildman–Crippen LogP) is 4.51. The third-order valence-electron chi connectivity index (χ3n) is 5.54. The topological polar surface area (TPSA) is 62.7 Å². The lowest BCUT2D eigenvalue weighted by Crippen LogP contribution is -2.40. The number of nitrogens with zero attached hydrogens (tertiary/aromatic N) is 3. The van der Waals surface area contributed by atoms with E-state index >= 15 is 0 Å². The summed E-state index contributed by atoms with van der Waals surface area (Å²) >= 11 is 0. The SMILES string of the molecule is COc1ccc(C(=O)N(CC(C)(C)C)c2cccc(C)n2)c(N2CCC(C=O)CC2)c1. The van der Waals surface area contributed by atoms with Gasteiger partial charge in [-0.3, -0.25) is 9.69 Å². The second-order valence-electron chi connectivity index (χ2n) is 9.43. The first-order chi connectivity index (χ1) is 14.7. The van der Waals surface area contributed by atoms with Gasteiger partial charge in [0.2, 0.25) is 0 Å². The van der Waals surface area contributed by atoms with Crippen molar-refractivity contribution in [2.45, 2.75) is 40.5 Å². The van der Waals surface area contributed by atoms with Crippen molar-refractivity contribution in [1.82, 2.24) is 4.98 Å². The van der Waals surface area contributed by atoms with Gasteiger partial charge in [-0.15, -0.1) is 0 Å². The van der Waals surface area contributed by atoms with Crippen molar-refractivity contribution >= 4 is 23.7 Å². The number of aryl methyl sites for hydroxylation is 1. The molecule has 1 amide bonds. The van der Waals surface area contributed by atoms with Gasteiger partial charge < -0.3 is 14.4 Å². The number of anilines is 2. The third kappa shape index (κ3) is 5.63. The monoisotopic (exact) mass is 423 g/mol. The summed E-state index contributed by atoms with van der Waals surface area (Å²) < 4.78 is 5.44. The summed E-state index contributed by atoms with van der Waals surface area (Å²) in [6.45, 7) is 10.3. The Morgan fingerprint density at radius 1 is 1.23 bits per heavy atom. The minimum absolute atomic E-state index is 0.0804. The average molecular weight is 424 g/mol. The van der Waals surface area contributed by atoms with Crippen molar-refractivity contribution in [2.75, 3.05) is 36.5 Å². The second kappa shape index (κ2) is 9.50. The zero-order valence-corrected chi connectivity index (χ0v) is 19.2. The second-order valence-corrected chi connectivity index (χ2v) is 9.43. The van der Waals surface area contributed by atoms with Crippen LogP contribution in [-0.2, 0) is 4.79 Å². The van der Waals surface area contributed by atoms with Gasteiger partial charge in [-0.1, -0.05) is 26.8 Å². The molecule has 1 saturated heterocycles. The summed E-state index contributed by atoms with van der Waals surface area (Å²) in [5.41, 5.74) is 2.24. The molecule has 0 saturated carbocycles. The van der Waals surface area contributed by atoms with Gasteiger partial charge >= 0.3 is 0 Å². The summed E-state index contributed by atoms with van der Waals surface area (Å²) in [5.74, 6) is 1.37. The van der Waals surface area contributed by atoms with Crippen molar-refractivity contribution in [3.05, 3.63) is 47.7 Å². The van der Waals surface area contributed by atoms with Crippen LogP contribution in [0.5, 0.6) is 5.75 Å². The van der Waals surface area contributed by atoms with Gasteiger partial charge in [0.15, 0.2) is 0 Å². The van der Waals surface area contributed by atoms with Gasteiger partial charge in [0.05, 0.1) is 18.4 Å². The average Bonchev–Trinajstić information content (AvgIpc) is 2.76. The highest BCUT2D eigenvalue weighted by atomic mass is 16.5. The number of hydrogen-bond acceptors (Lipinski definition) is 5. The van der Waals surface area contributed by atoms with Gasteiger partial charge in [-0.2, -0.15) is 0 Å². The van der Waals surface area contributed by atoms with Crippen LogP contribution in [0.25, 0.3) is 0 Å². The number of amides is 1. The van der Waals surface area contributed by atoms with Crippen LogP contribution < -0.4 is 14.5 Å². The van der Waals surface area contributed by atoms with Crippen LogP contribution in [-0.4, -0.2) is 43.9 Å². The van der Waals surface area contributed by atoms with Gasteiger partial charge in [0.1, 0.15) is 17.9 Å². The fourth-order valence-electron chi connectivity index (χ4n) is 3.91. The standard InChI is InChI=1S/C25H33N3O3/c1-18-7-6-8-23(26-18)28(17-25(2,3)4)24(30)21-10-9-20(31-5)15-22(21)27-13-11-19(16-29)12-14-27/h6-10,15-16,19H,11-14,17H2,1-5H3. The Balaban J connectivity index is 2.02. The lowest BCUT2D eigenvalue weighted by Gasteiger charge is -2.35. The first kappa shape index (κ1) is 22.8. The van der Waals surface area contributed by atoms with Gasteiger partial charge in [0, 0.05) is 37.3 Å². The zero-order chi connectivity index (χ0) is 22.6. The van der Waals surface area contributed by atoms with Gasteiger partial charge in [0.25, 0.3) is 5.91 Å². The van der Waals surface area contributed by atoms with Crippen LogP contribution in [0.4, 0.5) is 11.5 Å². The first-order valence-electron chi connectivity index (χ1n) is 10.9. The first-order valence-corrected chi connectivity index (χ1v) is 10.9. The number of rotatable bonds is 6. The fourth-order valence-corrected chi connectivity index (χ4v) is 3.91. The molecule has 0 bridgehead atoms. The van der Waals surface area contributed by atoms with Crippen LogP contribution in [0.15, 0.2) is 36.4 Å². The number of carbonyl (C=O) groups is 2. The Hall–Kier alpha value is -2.89. The molecule has 2 heterocycles. The summed E-state index contributed by atoms with van der Waals surface area (Å²) in [4.78, 5) is 33.7. The maximum absolute atomic E-state index is 13.9. The van der Waals surface area contributed by atoms with E-state index in [2.05, 4.69) is 30.7 Å². The van der Waals surface area contributed by atoms with Crippen LogP contribution in [0.3, 0.4) is 0 Å². The number of piperidine rings is 1. The number of aldehydes is 1. The molecule has 6 heteroatoms. The maximum Gasteiger partial charge on any atom is 0.261 e. The van der Waals surface area contributed by atoms with E-state index in [0.29, 0.717) is 23.7 Å². The van der Waals surface area contributed by atoms with Crippen molar-refractivity contribution in [1.29, 1.82) is 0 Å². The summed E-state index contributed by atoms with van der Waals surface area (Å²) in [5, 5.41) is 0. The van der Waals surface area contributed by atoms with Crippen molar-refractivity contribution in [3.63, 3.8) is 0 Å². The summed E-state index contributed by atoms with van der Waals surface area (Å²) in [7, 11) is 1.63. The highest BCUT2D eigenvalue weighted by molar-refractivity contribution is 6.09. The van der Waals surface area contributed by atoms with E-state index in [4.69, 9.17) is 4.74 Å². The van der Waals surface area contributed by atoms with E-state index < -0.39 is 0 Å². The number of ether oxygens (including phenoxy) is 1. The molecule has 0 atom stereocenters. The number of hydrogen-bond donors (Lipinski definition) is 0. The molecule has 31 heavy (non-hydrogen) atoms. The molecule has 1 aliphatic heterocycles. The molecule has 0 radical (unpaired) electrons. The quantitative estimate of drug-likeness (QED) is 0.640. The molecule has 1 fully saturated rings. The van der Waals surface area contributed by atoms with Crippen molar-refractivity contribution in [3.8, 4) is 5.75 Å². The summed E-state index contributed by atoms with van der Waals surface area (Å²) in [6.07, 6.45) is 2.63. The molecule has 166 valence electrons. The van der Waals surface area contributed by atoms with E-state index in [-0.39, 0.29) is 17.2 Å². The minimum atomic E-state index is -0.101. The molecular weight excluding hydrogens is 390 g/mol. The van der Waals surface area contributed by atoms with E-state index in [1.807, 2.05) is 43.3 Å². The summed E-state index contributed by atoms with van der Waals surface area (Å²) in [6, 6.07) is 11.3. The Bertz CT molecular complexity index is 928.